The molecule has 0 spiro atoms. The van der Waals surface area contributed by atoms with E-state index in [1.54, 1.807) is 11.8 Å². The molecule has 128 valence electrons. The van der Waals surface area contributed by atoms with E-state index in [-0.39, 0.29) is 6.04 Å². The molecule has 3 aromatic rings. The Bertz CT molecular complexity index is 836. The zero-order valence-electron chi connectivity index (χ0n) is 13.9. The van der Waals surface area contributed by atoms with E-state index < -0.39 is 0 Å². The number of hydrogen-bond donors (Lipinski definition) is 1. The van der Waals surface area contributed by atoms with Crippen LogP contribution in [0.25, 0.3) is 0 Å². The average Bonchev–Trinajstić information content (AvgIpc) is 2.63. The Balaban J connectivity index is 1.68. The lowest BCUT2D eigenvalue weighted by molar-refractivity contribution is 0.574. The van der Waals surface area contributed by atoms with Crippen LogP contribution in [0.15, 0.2) is 82.6 Å². The fourth-order valence-electron chi connectivity index (χ4n) is 2.52. The molecule has 3 aromatic carbocycles. The lowest BCUT2D eigenvalue weighted by atomic mass is 10.1. The van der Waals surface area contributed by atoms with E-state index in [4.69, 9.17) is 23.2 Å². The van der Waals surface area contributed by atoms with Crippen LogP contribution < -0.4 is 5.32 Å². The molecule has 0 saturated carbocycles. The molecule has 1 N–H and O–H groups in total. The second-order valence-electron chi connectivity index (χ2n) is 5.84. The molecule has 0 fully saturated rings. The number of halogens is 2. The number of nitrogens with one attached hydrogen (secondary N) is 1. The molecule has 0 saturated heterocycles. The van der Waals surface area contributed by atoms with Crippen molar-refractivity contribution in [3.63, 3.8) is 0 Å². The average molecular weight is 388 g/mol. The molecule has 0 aliphatic carbocycles. The third-order valence-corrected chi connectivity index (χ3v) is 5.67. The van der Waals surface area contributed by atoms with Gasteiger partial charge in [-0.3, -0.25) is 0 Å². The van der Waals surface area contributed by atoms with Crippen LogP contribution in [0.3, 0.4) is 0 Å². The maximum Gasteiger partial charge on any atom is 0.0545 e. The van der Waals surface area contributed by atoms with Gasteiger partial charge in [-0.05, 0) is 54.4 Å². The highest BCUT2D eigenvalue weighted by Gasteiger charge is 2.08. The van der Waals surface area contributed by atoms with Gasteiger partial charge in [-0.25, -0.2) is 0 Å². The second-order valence-corrected chi connectivity index (χ2v) is 7.80. The van der Waals surface area contributed by atoms with Gasteiger partial charge in [-0.15, -0.1) is 0 Å². The fourth-order valence-corrected chi connectivity index (χ4v) is 3.87. The fraction of sp³-hybridized carbons (Fsp3) is 0.143. The smallest absolute Gasteiger partial charge is 0.0545 e. The van der Waals surface area contributed by atoms with Crippen molar-refractivity contribution in [3.8, 4) is 0 Å². The molecular weight excluding hydrogens is 369 g/mol. The Morgan fingerprint density at radius 1 is 0.920 bits per heavy atom. The molecule has 1 nitrogen and oxygen atoms in total. The zero-order valence-corrected chi connectivity index (χ0v) is 16.2. The molecule has 3 rings (SSSR count). The maximum atomic E-state index is 6.37. The lowest BCUT2D eigenvalue weighted by Crippen LogP contribution is -2.18. The quantitative estimate of drug-likeness (QED) is 0.488. The van der Waals surface area contributed by atoms with Gasteiger partial charge in [0.15, 0.2) is 0 Å². The molecule has 0 heterocycles. The topological polar surface area (TPSA) is 12.0 Å². The number of hydrogen-bond acceptors (Lipinski definition) is 2. The minimum Gasteiger partial charge on any atom is -0.306 e. The van der Waals surface area contributed by atoms with E-state index in [0.29, 0.717) is 0 Å². The van der Waals surface area contributed by atoms with Gasteiger partial charge in [0.25, 0.3) is 0 Å². The van der Waals surface area contributed by atoms with Crippen LogP contribution in [0.4, 0.5) is 0 Å². The maximum absolute atomic E-state index is 6.37. The minimum atomic E-state index is 0.222. The van der Waals surface area contributed by atoms with E-state index in [2.05, 4.69) is 42.6 Å². The highest BCUT2D eigenvalue weighted by molar-refractivity contribution is 7.99. The van der Waals surface area contributed by atoms with Crippen LogP contribution in [0, 0.1) is 0 Å². The van der Waals surface area contributed by atoms with Gasteiger partial charge in [0.05, 0.1) is 5.02 Å². The van der Waals surface area contributed by atoms with E-state index in [1.165, 1.54) is 16.0 Å². The highest BCUT2D eigenvalue weighted by atomic mass is 35.5. The van der Waals surface area contributed by atoms with Crippen molar-refractivity contribution >= 4 is 35.0 Å². The predicted octanol–water partition coefficient (Wildman–Crippen LogP) is 7.00. The predicted molar refractivity (Wildman–Crippen MR) is 109 cm³/mol. The molecular formula is C21H19Cl2NS. The highest BCUT2D eigenvalue weighted by Crippen LogP contribution is 2.34. The van der Waals surface area contributed by atoms with Crippen molar-refractivity contribution in [1.82, 2.24) is 5.32 Å². The van der Waals surface area contributed by atoms with Crippen molar-refractivity contribution < 1.29 is 0 Å². The second kappa shape index (κ2) is 8.77. The Labute approximate surface area is 163 Å². The third-order valence-electron chi connectivity index (χ3n) is 3.93. The van der Waals surface area contributed by atoms with Gasteiger partial charge >= 0.3 is 0 Å². The largest absolute Gasteiger partial charge is 0.306 e. The Kier molecular flexibility index (Phi) is 6.44. The molecule has 25 heavy (non-hydrogen) atoms. The summed E-state index contributed by atoms with van der Waals surface area (Å²) in [6, 6.07) is 24.6. The van der Waals surface area contributed by atoms with Gasteiger partial charge in [0.1, 0.15) is 0 Å². The molecule has 0 aliphatic heterocycles. The van der Waals surface area contributed by atoms with Crippen molar-refractivity contribution in [2.24, 2.45) is 0 Å². The van der Waals surface area contributed by atoms with Crippen molar-refractivity contribution in [2.75, 3.05) is 0 Å². The van der Waals surface area contributed by atoms with Gasteiger partial charge < -0.3 is 5.32 Å². The van der Waals surface area contributed by atoms with Gasteiger partial charge in [0.2, 0.25) is 0 Å². The van der Waals surface area contributed by atoms with Crippen LogP contribution in [0.5, 0.6) is 0 Å². The number of benzene rings is 3. The molecule has 1 atom stereocenters. The summed E-state index contributed by atoms with van der Waals surface area (Å²) >= 11 is 14.1. The molecule has 0 aliphatic rings. The Morgan fingerprint density at radius 2 is 1.72 bits per heavy atom. The molecule has 4 heteroatoms. The summed E-state index contributed by atoms with van der Waals surface area (Å²) in [4.78, 5) is 2.25. The first-order valence-electron chi connectivity index (χ1n) is 8.12. The van der Waals surface area contributed by atoms with E-state index >= 15 is 0 Å². The molecule has 0 radical (unpaired) electrons. The number of rotatable bonds is 6. The molecule has 0 aromatic heterocycles. The lowest BCUT2D eigenvalue weighted by Gasteiger charge is -2.15. The summed E-state index contributed by atoms with van der Waals surface area (Å²) < 4.78 is 0. The van der Waals surface area contributed by atoms with E-state index in [0.717, 1.165) is 21.5 Å². The van der Waals surface area contributed by atoms with Gasteiger partial charge in [0, 0.05) is 27.4 Å². The summed E-state index contributed by atoms with van der Waals surface area (Å²) in [6.07, 6.45) is 0. The Hall–Kier alpha value is -1.45. The van der Waals surface area contributed by atoms with E-state index in [1.807, 2.05) is 42.5 Å². The van der Waals surface area contributed by atoms with Crippen LogP contribution in [-0.4, -0.2) is 0 Å². The van der Waals surface area contributed by atoms with Crippen LogP contribution >= 0.6 is 35.0 Å². The SMILES string of the molecule is CC(NCc1ccc(Cl)c(Sc2ccccc2)c1)c1cccc(Cl)c1. The molecule has 0 bridgehead atoms. The normalized spacial score (nSPS) is 12.1. The van der Waals surface area contributed by atoms with Gasteiger partial charge in [-0.1, -0.05) is 71.4 Å². The molecule has 1 unspecified atom stereocenters. The van der Waals surface area contributed by atoms with Crippen molar-refractivity contribution in [3.05, 3.63) is 94.0 Å². The summed E-state index contributed by atoms with van der Waals surface area (Å²) in [5, 5.41) is 5.08. The first-order chi connectivity index (χ1) is 12.1. The first-order valence-corrected chi connectivity index (χ1v) is 9.69. The summed E-state index contributed by atoms with van der Waals surface area (Å²) in [7, 11) is 0. The third kappa shape index (κ3) is 5.26. The monoisotopic (exact) mass is 387 g/mol. The van der Waals surface area contributed by atoms with Crippen LogP contribution in [-0.2, 0) is 6.54 Å². The van der Waals surface area contributed by atoms with Crippen molar-refractivity contribution in [2.45, 2.75) is 29.3 Å². The summed E-state index contributed by atoms with van der Waals surface area (Å²) in [5.41, 5.74) is 2.39. The standard InChI is InChI=1S/C21H19Cl2NS/c1-15(17-6-5-7-18(22)13-17)24-14-16-10-11-20(23)21(12-16)25-19-8-3-2-4-9-19/h2-13,15,24H,14H2,1H3. The van der Waals surface area contributed by atoms with E-state index in [9.17, 15) is 0 Å². The zero-order chi connectivity index (χ0) is 17.6. The summed E-state index contributed by atoms with van der Waals surface area (Å²) in [6.45, 7) is 2.91. The first kappa shape index (κ1) is 18.3. The molecule has 0 amide bonds. The van der Waals surface area contributed by atoms with Crippen LogP contribution in [0.1, 0.15) is 24.1 Å². The summed E-state index contributed by atoms with van der Waals surface area (Å²) in [5.74, 6) is 0. The van der Waals surface area contributed by atoms with Crippen molar-refractivity contribution in [1.29, 1.82) is 0 Å². The minimum absolute atomic E-state index is 0.222. The van der Waals surface area contributed by atoms with Gasteiger partial charge in [-0.2, -0.15) is 0 Å². The van der Waals surface area contributed by atoms with Crippen LogP contribution in [0.2, 0.25) is 10.0 Å². The Morgan fingerprint density at radius 3 is 2.48 bits per heavy atom.